The molecule has 1 aliphatic rings. The molecule has 2 heterocycles. The van der Waals surface area contributed by atoms with E-state index in [1.807, 2.05) is 19.1 Å². The van der Waals surface area contributed by atoms with E-state index in [0.717, 1.165) is 47.7 Å². The standard InChI is InChI=1S/C19H25N5O3S/c1-13-5-6-15(16(11-13)24-9-3-2-4-10-24)22-17(25)23-18-21-12-14(28-18)7-8-20-19(26)27/h5-6,11-12,20H,2-4,7-10H2,1H3,(H,26,27)(H2,21,22,23,25). The van der Waals surface area contributed by atoms with E-state index in [0.29, 0.717) is 18.1 Å². The molecule has 1 aliphatic heterocycles. The number of thiazole rings is 1. The van der Waals surface area contributed by atoms with Crippen LogP contribution in [0.1, 0.15) is 29.7 Å². The lowest BCUT2D eigenvalue weighted by molar-refractivity contribution is 0.194. The molecule has 1 aromatic heterocycles. The van der Waals surface area contributed by atoms with Crippen molar-refractivity contribution in [3.8, 4) is 0 Å². The molecule has 1 saturated heterocycles. The maximum Gasteiger partial charge on any atom is 0.404 e. The molecule has 0 saturated carbocycles. The van der Waals surface area contributed by atoms with E-state index >= 15 is 0 Å². The van der Waals surface area contributed by atoms with Crippen LogP contribution in [0.3, 0.4) is 0 Å². The van der Waals surface area contributed by atoms with E-state index in [9.17, 15) is 9.59 Å². The number of piperidine rings is 1. The fourth-order valence-corrected chi connectivity index (χ4v) is 3.98. The molecule has 3 rings (SSSR count). The van der Waals surface area contributed by atoms with Gasteiger partial charge in [-0.05, 0) is 43.9 Å². The smallest absolute Gasteiger partial charge is 0.404 e. The number of benzene rings is 1. The van der Waals surface area contributed by atoms with Crippen molar-refractivity contribution in [2.75, 3.05) is 35.2 Å². The Balaban J connectivity index is 1.60. The Labute approximate surface area is 168 Å². The van der Waals surface area contributed by atoms with Crippen molar-refractivity contribution < 1.29 is 14.7 Å². The first-order valence-corrected chi connectivity index (χ1v) is 10.2. The van der Waals surface area contributed by atoms with E-state index in [1.165, 1.54) is 17.8 Å². The Morgan fingerprint density at radius 1 is 1.21 bits per heavy atom. The molecule has 8 nitrogen and oxygen atoms in total. The second-order valence-corrected chi connectivity index (χ2v) is 7.88. The number of carboxylic acid groups (broad SMARTS) is 1. The van der Waals surface area contributed by atoms with Gasteiger partial charge in [0.2, 0.25) is 0 Å². The third-order valence-electron chi connectivity index (χ3n) is 4.52. The quantitative estimate of drug-likeness (QED) is 0.585. The Morgan fingerprint density at radius 2 is 2.00 bits per heavy atom. The predicted octanol–water partition coefficient (Wildman–Crippen LogP) is 3.90. The molecule has 0 unspecified atom stereocenters. The molecular formula is C19H25N5O3S. The van der Waals surface area contributed by atoms with Crippen molar-refractivity contribution in [1.82, 2.24) is 10.3 Å². The third kappa shape index (κ3) is 5.59. The van der Waals surface area contributed by atoms with Gasteiger partial charge in [-0.2, -0.15) is 0 Å². The minimum Gasteiger partial charge on any atom is -0.465 e. The number of nitrogens with zero attached hydrogens (tertiary/aromatic N) is 2. The van der Waals surface area contributed by atoms with E-state index < -0.39 is 6.09 Å². The number of urea groups is 1. The summed E-state index contributed by atoms with van der Waals surface area (Å²) >= 11 is 1.33. The molecular weight excluding hydrogens is 378 g/mol. The highest BCUT2D eigenvalue weighted by atomic mass is 32.1. The largest absolute Gasteiger partial charge is 0.465 e. The summed E-state index contributed by atoms with van der Waals surface area (Å²) < 4.78 is 0. The van der Waals surface area contributed by atoms with Gasteiger partial charge in [0.1, 0.15) is 0 Å². The maximum absolute atomic E-state index is 12.5. The van der Waals surface area contributed by atoms with E-state index in [-0.39, 0.29) is 6.03 Å². The van der Waals surface area contributed by atoms with Gasteiger partial charge < -0.3 is 20.6 Å². The number of carbonyl (C=O) groups excluding carboxylic acids is 1. The molecule has 0 spiro atoms. The van der Waals surface area contributed by atoms with Crippen LogP contribution in [-0.4, -0.2) is 41.8 Å². The Hall–Kier alpha value is -2.81. The van der Waals surface area contributed by atoms with E-state index in [1.54, 1.807) is 6.20 Å². The van der Waals surface area contributed by atoms with Gasteiger partial charge in [-0.3, -0.25) is 5.32 Å². The average molecular weight is 404 g/mol. The summed E-state index contributed by atoms with van der Waals surface area (Å²) in [5, 5.41) is 17.1. The molecule has 4 N–H and O–H groups in total. The van der Waals surface area contributed by atoms with Gasteiger partial charge in [0.05, 0.1) is 11.4 Å². The monoisotopic (exact) mass is 403 g/mol. The molecule has 1 fully saturated rings. The Morgan fingerprint density at radius 3 is 2.75 bits per heavy atom. The van der Waals surface area contributed by atoms with Gasteiger partial charge in [-0.15, -0.1) is 11.3 Å². The minimum absolute atomic E-state index is 0.311. The van der Waals surface area contributed by atoms with Crippen molar-refractivity contribution in [1.29, 1.82) is 0 Å². The molecule has 0 atom stereocenters. The van der Waals surface area contributed by atoms with Crippen LogP contribution in [0, 0.1) is 6.92 Å². The lowest BCUT2D eigenvalue weighted by Gasteiger charge is -2.30. The highest BCUT2D eigenvalue weighted by molar-refractivity contribution is 7.15. The van der Waals surface area contributed by atoms with Crippen molar-refractivity contribution in [3.63, 3.8) is 0 Å². The number of aryl methyl sites for hydroxylation is 1. The highest BCUT2D eigenvalue weighted by Gasteiger charge is 2.16. The van der Waals surface area contributed by atoms with Gasteiger partial charge in [0.15, 0.2) is 5.13 Å². The fourth-order valence-electron chi connectivity index (χ4n) is 3.17. The zero-order chi connectivity index (χ0) is 19.9. The topological polar surface area (TPSA) is 107 Å². The van der Waals surface area contributed by atoms with Crippen molar-refractivity contribution in [2.45, 2.75) is 32.6 Å². The number of anilines is 3. The first-order valence-electron chi connectivity index (χ1n) is 9.36. The number of hydrogen-bond donors (Lipinski definition) is 4. The molecule has 9 heteroatoms. The van der Waals surface area contributed by atoms with Crippen LogP contribution in [0.4, 0.5) is 26.1 Å². The Bertz CT molecular complexity index is 833. The molecule has 0 bridgehead atoms. The van der Waals surface area contributed by atoms with Crippen LogP contribution in [0.2, 0.25) is 0 Å². The van der Waals surface area contributed by atoms with Gasteiger partial charge in [0, 0.05) is 37.1 Å². The molecule has 2 aromatic rings. The summed E-state index contributed by atoms with van der Waals surface area (Å²) in [5.41, 5.74) is 2.99. The van der Waals surface area contributed by atoms with Crippen molar-refractivity contribution >= 4 is 40.0 Å². The van der Waals surface area contributed by atoms with Crippen LogP contribution in [0.5, 0.6) is 0 Å². The summed E-state index contributed by atoms with van der Waals surface area (Å²) in [7, 11) is 0. The summed E-state index contributed by atoms with van der Waals surface area (Å²) in [5.74, 6) is 0. The number of rotatable bonds is 6. The molecule has 28 heavy (non-hydrogen) atoms. The second-order valence-electron chi connectivity index (χ2n) is 6.76. The van der Waals surface area contributed by atoms with Crippen LogP contribution >= 0.6 is 11.3 Å². The second kappa shape index (κ2) is 9.41. The molecule has 0 aliphatic carbocycles. The van der Waals surface area contributed by atoms with Crippen molar-refractivity contribution in [2.24, 2.45) is 0 Å². The normalized spacial score (nSPS) is 13.8. The molecule has 0 radical (unpaired) electrons. The number of hydrogen-bond acceptors (Lipinski definition) is 5. The summed E-state index contributed by atoms with van der Waals surface area (Å²) in [6, 6.07) is 5.69. The summed E-state index contributed by atoms with van der Waals surface area (Å²) in [6.45, 7) is 4.36. The highest BCUT2D eigenvalue weighted by Crippen LogP contribution is 2.30. The van der Waals surface area contributed by atoms with Crippen LogP contribution in [0.15, 0.2) is 24.4 Å². The van der Waals surface area contributed by atoms with Crippen molar-refractivity contribution in [3.05, 3.63) is 34.8 Å². The number of carbonyl (C=O) groups is 2. The Kier molecular flexibility index (Phi) is 6.70. The minimum atomic E-state index is -1.05. The summed E-state index contributed by atoms with van der Waals surface area (Å²) in [6.07, 6.45) is 4.71. The number of aromatic nitrogens is 1. The number of amides is 3. The third-order valence-corrected chi connectivity index (χ3v) is 5.49. The van der Waals surface area contributed by atoms with Gasteiger partial charge in [-0.25, -0.2) is 14.6 Å². The van der Waals surface area contributed by atoms with Gasteiger partial charge >= 0.3 is 12.1 Å². The van der Waals surface area contributed by atoms with E-state index in [4.69, 9.17) is 5.11 Å². The lowest BCUT2D eigenvalue weighted by Crippen LogP contribution is -2.31. The first-order chi connectivity index (χ1) is 13.5. The van der Waals surface area contributed by atoms with Gasteiger partial charge in [-0.1, -0.05) is 6.07 Å². The fraction of sp³-hybridized carbons (Fsp3) is 0.421. The predicted molar refractivity (Wildman–Crippen MR) is 112 cm³/mol. The summed E-state index contributed by atoms with van der Waals surface area (Å²) in [4.78, 5) is 30.3. The van der Waals surface area contributed by atoms with Crippen LogP contribution in [-0.2, 0) is 6.42 Å². The average Bonchev–Trinajstić information content (AvgIpc) is 3.10. The molecule has 1 aromatic carbocycles. The zero-order valence-corrected chi connectivity index (χ0v) is 16.6. The molecule has 3 amide bonds. The van der Waals surface area contributed by atoms with E-state index in [2.05, 4.69) is 31.9 Å². The van der Waals surface area contributed by atoms with Crippen LogP contribution in [0.25, 0.3) is 0 Å². The molecule has 150 valence electrons. The first kappa shape index (κ1) is 19.9. The number of nitrogens with one attached hydrogen (secondary N) is 3. The SMILES string of the molecule is Cc1ccc(NC(=O)Nc2ncc(CCNC(=O)O)s2)c(N2CCCCC2)c1. The van der Waals surface area contributed by atoms with Gasteiger partial charge in [0.25, 0.3) is 0 Å². The maximum atomic E-state index is 12.5. The lowest BCUT2D eigenvalue weighted by atomic mass is 10.1. The zero-order valence-electron chi connectivity index (χ0n) is 15.8. The van der Waals surface area contributed by atoms with Crippen LogP contribution < -0.4 is 20.9 Å².